The molecule has 2 amide bonds. The molecule has 210 valence electrons. The van der Waals surface area contributed by atoms with Crippen LogP contribution in [0.5, 0.6) is 0 Å². The summed E-state index contributed by atoms with van der Waals surface area (Å²) in [7, 11) is 0. The maximum atomic E-state index is 11.7. The second kappa shape index (κ2) is 14.1. The van der Waals surface area contributed by atoms with E-state index in [-0.39, 0.29) is 34.0 Å². The molecule has 2 aliphatic rings. The molecule has 0 bridgehead atoms. The van der Waals surface area contributed by atoms with E-state index in [1.807, 2.05) is 41.5 Å². The number of amides is 2. The number of likely N-dealkylation sites (tertiary alicyclic amines) is 2. The summed E-state index contributed by atoms with van der Waals surface area (Å²) in [5.41, 5.74) is -0.0845. The van der Waals surface area contributed by atoms with E-state index in [9.17, 15) is 9.59 Å². The molecule has 2 fully saturated rings. The number of alkyl halides is 1. The van der Waals surface area contributed by atoms with E-state index in [0.717, 1.165) is 18.8 Å². The van der Waals surface area contributed by atoms with E-state index < -0.39 is 5.60 Å². The molecule has 0 unspecified atom stereocenters. The van der Waals surface area contributed by atoms with Crippen molar-refractivity contribution in [1.29, 1.82) is 0 Å². The smallest absolute Gasteiger partial charge is 0.410 e. The topological polar surface area (TPSA) is 111 Å². The van der Waals surface area contributed by atoms with E-state index >= 15 is 0 Å². The molecular formula is C24H32Cl3IN6O4. The van der Waals surface area contributed by atoms with Gasteiger partial charge in [0.1, 0.15) is 11.2 Å². The van der Waals surface area contributed by atoms with Crippen LogP contribution in [-0.4, -0.2) is 83.2 Å². The van der Waals surface area contributed by atoms with Crippen LogP contribution >= 0.6 is 57.4 Å². The van der Waals surface area contributed by atoms with Crippen LogP contribution in [-0.2, 0) is 9.47 Å². The number of ether oxygens (including phenoxy) is 2. The molecule has 2 saturated heterocycles. The highest BCUT2D eigenvalue weighted by molar-refractivity contribution is 14.1. The third-order valence-electron chi connectivity index (χ3n) is 4.70. The summed E-state index contributed by atoms with van der Waals surface area (Å²) in [5, 5.41) is 0.898. The van der Waals surface area contributed by atoms with Gasteiger partial charge in [0.2, 0.25) is 0 Å². The molecule has 0 atom stereocenters. The maximum absolute atomic E-state index is 11.7. The summed E-state index contributed by atoms with van der Waals surface area (Å²) in [5.74, 6) is 0.152. The minimum Gasteiger partial charge on any atom is -0.444 e. The lowest BCUT2D eigenvalue weighted by atomic mass is 9.97. The molecule has 0 N–H and O–H groups in total. The number of carbonyl (C=O) groups excluding carboxylic acids is 2. The second-order valence-electron chi connectivity index (χ2n) is 10.4. The highest BCUT2D eigenvalue weighted by Crippen LogP contribution is 2.30. The van der Waals surface area contributed by atoms with E-state index in [2.05, 4.69) is 42.5 Å². The predicted octanol–water partition coefficient (Wildman–Crippen LogP) is 6.29. The standard InChI is InChI=1S/C12H16ClN3O2.C8H14INO2.C4H2Cl2N2/c1-12(2,3)18-11(17)16-6-8(7-16)9-10(13)15-5-4-14-9;1-8(2,3)12-7(11)10-4-6(9)5-10;5-3-4(6)8-2-1-7-3/h4-5,8H,6-7H2,1-3H3;6H,4-5H2,1-3H3;1-2H. The minimum absolute atomic E-state index is 0.152. The van der Waals surface area contributed by atoms with Crippen LogP contribution in [0.1, 0.15) is 53.2 Å². The molecule has 14 heteroatoms. The molecule has 4 rings (SSSR count). The Morgan fingerprint density at radius 1 is 0.737 bits per heavy atom. The molecule has 2 aromatic rings. The fraction of sp³-hybridized carbons (Fsp3) is 0.583. The Morgan fingerprint density at radius 2 is 1.11 bits per heavy atom. The number of nitrogens with zero attached hydrogens (tertiary/aromatic N) is 6. The van der Waals surface area contributed by atoms with Crippen LogP contribution in [0.2, 0.25) is 15.5 Å². The van der Waals surface area contributed by atoms with Crippen molar-refractivity contribution in [3.8, 4) is 0 Å². The summed E-state index contributed by atoms with van der Waals surface area (Å²) < 4.78 is 11.1. The summed E-state index contributed by atoms with van der Waals surface area (Å²) in [4.78, 5) is 41.9. The van der Waals surface area contributed by atoms with Gasteiger partial charge < -0.3 is 19.3 Å². The summed E-state index contributed by atoms with van der Waals surface area (Å²) in [6.45, 7) is 14.0. The van der Waals surface area contributed by atoms with Crippen molar-refractivity contribution in [3.63, 3.8) is 0 Å². The molecule has 38 heavy (non-hydrogen) atoms. The Hall–Kier alpha value is -1.70. The molecule has 10 nitrogen and oxygen atoms in total. The lowest BCUT2D eigenvalue weighted by Gasteiger charge is -2.39. The van der Waals surface area contributed by atoms with Gasteiger partial charge in [-0.15, -0.1) is 0 Å². The number of rotatable bonds is 1. The van der Waals surface area contributed by atoms with Gasteiger partial charge in [-0.1, -0.05) is 57.4 Å². The quantitative estimate of drug-likeness (QED) is 0.252. The Morgan fingerprint density at radius 3 is 1.45 bits per heavy atom. The number of carbonyl (C=O) groups is 2. The zero-order valence-electron chi connectivity index (χ0n) is 22.1. The van der Waals surface area contributed by atoms with Gasteiger partial charge >= 0.3 is 12.2 Å². The second-order valence-corrected chi connectivity index (χ2v) is 13.3. The van der Waals surface area contributed by atoms with Gasteiger partial charge in [-0.05, 0) is 41.5 Å². The molecule has 2 aliphatic heterocycles. The first-order chi connectivity index (χ1) is 17.6. The Balaban J connectivity index is 0.000000218. The van der Waals surface area contributed by atoms with E-state index in [1.54, 1.807) is 22.2 Å². The van der Waals surface area contributed by atoms with Gasteiger partial charge in [-0.2, -0.15) is 0 Å². The fourth-order valence-electron chi connectivity index (χ4n) is 2.94. The Kier molecular flexibility index (Phi) is 12.1. The van der Waals surface area contributed by atoms with Crippen LogP contribution < -0.4 is 0 Å². The highest BCUT2D eigenvalue weighted by atomic mass is 127. The fourth-order valence-corrected chi connectivity index (χ4v) is 4.36. The SMILES string of the molecule is CC(C)(C)OC(=O)N1CC(I)C1.CC(C)(C)OC(=O)N1CC(c2nccnc2Cl)C1.Clc1nccnc1Cl. The third kappa shape index (κ3) is 11.2. The Labute approximate surface area is 251 Å². The lowest BCUT2D eigenvalue weighted by molar-refractivity contribution is 0.00773. The van der Waals surface area contributed by atoms with Crippen molar-refractivity contribution in [2.24, 2.45) is 0 Å². The summed E-state index contributed by atoms with van der Waals surface area (Å²) >= 11 is 19.1. The number of hydrogen-bond donors (Lipinski definition) is 0. The van der Waals surface area contributed by atoms with Crippen LogP contribution in [0.3, 0.4) is 0 Å². The van der Waals surface area contributed by atoms with Crippen molar-refractivity contribution in [2.75, 3.05) is 26.2 Å². The van der Waals surface area contributed by atoms with Crippen LogP contribution in [0.25, 0.3) is 0 Å². The number of hydrogen-bond acceptors (Lipinski definition) is 8. The highest BCUT2D eigenvalue weighted by Gasteiger charge is 2.36. The molecule has 2 aromatic heterocycles. The molecule has 0 aromatic carbocycles. The Bertz CT molecular complexity index is 1070. The van der Waals surface area contributed by atoms with Crippen LogP contribution in [0.4, 0.5) is 9.59 Å². The predicted molar refractivity (Wildman–Crippen MR) is 155 cm³/mol. The summed E-state index contributed by atoms with van der Waals surface area (Å²) in [6.07, 6.45) is 5.64. The molecule has 0 radical (unpaired) electrons. The normalized spacial score (nSPS) is 15.6. The van der Waals surface area contributed by atoms with Crippen molar-refractivity contribution in [3.05, 3.63) is 45.9 Å². The zero-order chi connectivity index (χ0) is 28.7. The molecule has 0 aliphatic carbocycles. The van der Waals surface area contributed by atoms with Gasteiger partial charge in [0.25, 0.3) is 0 Å². The van der Waals surface area contributed by atoms with Crippen molar-refractivity contribution in [2.45, 2.75) is 62.6 Å². The van der Waals surface area contributed by atoms with E-state index in [1.165, 1.54) is 12.4 Å². The van der Waals surface area contributed by atoms with Crippen LogP contribution in [0.15, 0.2) is 24.8 Å². The largest absolute Gasteiger partial charge is 0.444 e. The van der Waals surface area contributed by atoms with E-state index in [0.29, 0.717) is 22.2 Å². The van der Waals surface area contributed by atoms with Crippen molar-refractivity contribution < 1.29 is 19.1 Å². The number of aromatic nitrogens is 4. The minimum atomic E-state index is -0.466. The van der Waals surface area contributed by atoms with E-state index in [4.69, 9.17) is 44.3 Å². The van der Waals surface area contributed by atoms with Gasteiger partial charge in [-0.25, -0.2) is 24.5 Å². The van der Waals surface area contributed by atoms with Gasteiger partial charge in [0, 0.05) is 60.8 Å². The van der Waals surface area contributed by atoms with Crippen molar-refractivity contribution in [1.82, 2.24) is 29.7 Å². The molecule has 0 spiro atoms. The molecule has 4 heterocycles. The first kappa shape index (κ1) is 32.5. The van der Waals surface area contributed by atoms with Gasteiger partial charge in [0.05, 0.1) is 5.69 Å². The van der Waals surface area contributed by atoms with Crippen molar-refractivity contribution >= 4 is 69.6 Å². The third-order valence-corrected chi connectivity index (χ3v) is 6.43. The number of halogens is 4. The van der Waals surface area contributed by atoms with Gasteiger partial charge in [-0.3, -0.25) is 4.98 Å². The zero-order valence-corrected chi connectivity index (χ0v) is 26.5. The first-order valence-corrected chi connectivity index (χ1v) is 14.1. The average Bonchev–Trinajstić information content (AvgIpc) is 2.72. The molecule has 0 saturated carbocycles. The van der Waals surface area contributed by atoms with Gasteiger partial charge in [0.15, 0.2) is 15.5 Å². The lowest BCUT2D eigenvalue weighted by Crippen LogP contribution is -2.52. The molecular weight excluding hydrogens is 670 g/mol. The monoisotopic (exact) mass is 700 g/mol. The summed E-state index contributed by atoms with van der Waals surface area (Å²) in [6, 6.07) is 0. The first-order valence-electron chi connectivity index (χ1n) is 11.7. The maximum Gasteiger partial charge on any atom is 0.410 e. The van der Waals surface area contributed by atoms with Crippen LogP contribution in [0, 0.1) is 0 Å². The average molecular weight is 702 g/mol.